The van der Waals surface area contributed by atoms with E-state index in [-0.39, 0.29) is 5.91 Å². The first kappa shape index (κ1) is 8.53. The van der Waals surface area contributed by atoms with Crippen molar-refractivity contribution < 1.29 is 4.79 Å². The molecule has 1 rings (SSSR count). The van der Waals surface area contributed by atoms with Crippen molar-refractivity contribution in [3.8, 4) is 0 Å². The zero-order valence-electron chi connectivity index (χ0n) is 7.18. The summed E-state index contributed by atoms with van der Waals surface area (Å²) in [5.41, 5.74) is 4.90. The molecule has 0 radical (unpaired) electrons. The van der Waals surface area contributed by atoms with Gasteiger partial charge in [-0.15, -0.1) is 0 Å². The molecule has 3 nitrogen and oxygen atoms in total. The zero-order valence-corrected chi connectivity index (χ0v) is 7.18. The average Bonchev–Trinajstić information content (AvgIpc) is 2.33. The van der Waals surface area contributed by atoms with E-state index in [1.807, 2.05) is 6.92 Å². The molecule has 1 aliphatic rings. The Morgan fingerprint density at radius 3 is 2.64 bits per heavy atom. The van der Waals surface area contributed by atoms with Gasteiger partial charge in [0.2, 0.25) is 5.91 Å². The molecule has 0 saturated carbocycles. The number of amides is 1. The van der Waals surface area contributed by atoms with Crippen LogP contribution in [0.4, 0.5) is 0 Å². The van der Waals surface area contributed by atoms with Gasteiger partial charge in [-0.25, -0.2) is 0 Å². The summed E-state index contributed by atoms with van der Waals surface area (Å²) in [7, 11) is 0. The maximum absolute atomic E-state index is 11.1. The highest BCUT2D eigenvalue weighted by atomic mass is 16.1. The van der Waals surface area contributed by atoms with Crippen LogP contribution in [0.1, 0.15) is 33.1 Å². The monoisotopic (exact) mass is 156 g/mol. The highest BCUT2D eigenvalue weighted by molar-refractivity contribution is 5.85. The molecule has 0 bridgehead atoms. The SMILES string of the molecule is CCC1(C(N)=O)CCC(C)N1. The highest BCUT2D eigenvalue weighted by Crippen LogP contribution is 2.25. The van der Waals surface area contributed by atoms with Crippen molar-refractivity contribution in [2.75, 3.05) is 0 Å². The van der Waals surface area contributed by atoms with Gasteiger partial charge in [0.1, 0.15) is 0 Å². The van der Waals surface area contributed by atoms with E-state index in [1.165, 1.54) is 0 Å². The van der Waals surface area contributed by atoms with Gasteiger partial charge in [-0.3, -0.25) is 4.79 Å². The smallest absolute Gasteiger partial charge is 0.237 e. The van der Waals surface area contributed by atoms with Crippen LogP contribution in [-0.4, -0.2) is 17.5 Å². The summed E-state index contributed by atoms with van der Waals surface area (Å²) in [5, 5.41) is 3.24. The van der Waals surface area contributed by atoms with Gasteiger partial charge in [0, 0.05) is 6.04 Å². The minimum atomic E-state index is -0.403. The minimum Gasteiger partial charge on any atom is -0.368 e. The fourth-order valence-corrected chi connectivity index (χ4v) is 1.73. The van der Waals surface area contributed by atoms with E-state index in [0.29, 0.717) is 6.04 Å². The molecule has 3 heteroatoms. The summed E-state index contributed by atoms with van der Waals surface area (Å²) in [6.07, 6.45) is 2.74. The molecule has 0 spiro atoms. The van der Waals surface area contributed by atoms with Crippen molar-refractivity contribution in [2.24, 2.45) is 5.73 Å². The van der Waals surface area contributed by atoms with E-state index in [4.69, 9.17) is 5.73 Å². The van der Waals surface area contributed by atoms with Crippen molar-refractivity contribution in [1.29, 1.82) is 0 Å². The van der Waals surface area contributed by atoms with Crippen LogP contribution in [0, 0.1) is 0 Å². The lowest BCUT2D eigenvalue weighted by Crippen LogP contribution is -2.52. The number of hydrogen-bond acceptors (Lipinski definition) is 2. The molecule has 0 aliphatic carbocycles. The molecule has 1 heterocycles. The maximum Gasteiger partial charge on any atom is 0.237 e. The highest BCUT2D eigenvalue weighted by Gasteiger charge is 2.40. The lowest BCUT2D eigenvalue weighted by molar-refractivity contribution is -0.124. The number of rotatable bonds is 2. The van der Waals surface area contributed by atoms with Crippen LogP contribution in [0.3, 0.4) is 0 Å². The molecule has 0 aromatic rings. The van der Waals surface area contributed by atoms with Crippen LogP contribution in [0.15, 0.2) is 0 Å². The Morgan fingerprint density at radius 1 is 1.82 bits per heavy atom. The quantitative estimate of drug-likeness (QED) is 0.607. The Labute approximate surface area is 67.3 Å². The second-order valence-electron chi connectivity index (χ2n) is 3.38. The topological polar surface area (TPSA) is 55.1 Å². The first-order chi connectivity index (χ1) is 5.10. The minimum absolute atomic E-state index is 0.204. The number of nitrogens with two attached hydrogens (primary N) is 1. The molecule has 2 unspecified atom stereocenters. The Kier molecular flexibility index (Phi) is 2.18. The lowest BCUT2D eigenvalue weighted by atomic mass is 9.94. The Balaban J connectivity index is 2.70. The van der Waals surface area contributed by atoms with Crippen LogP contribution in [0.5, 0.6) is 0 Å². The van der Waals surface area contributed by atoms with Gasteiger partial charge in [-0.2, -0.15) is 0 Å². The molecule has 3 N–H and O–H groups in total. The summed E-state index contributed by atoms with van der Waals surface area (Å²) in [5.74, 6) is -0.204. The van der Waals surface area contributed by atoms with E-state index in [2.05, 4.69) is 12.2 Å². The maximum atomic E-state index is 11.1. The van der Waals surface area contributed by atoms with Crippen LogP contribution in [0.2, 0.25) is 0 Å². The van der Waals surface area contributed by atoms with Crippen LogP contribution in [-0.2, 0) is 4.79 Å². The number of primary amides is 1. The lowest BCUT2D eigenvalue weighted by Gasteiger charge is -2.24. The van der Waals surface area contributed by atoms with Gasteiger partial charge in [-0.1, -0.05) is 6.92 Å². The molecule has 0 aromatic heterocycles. The molecule has 11 heavy (non-hydrogen) atoms. The molecule has 64 valence electrons. The molecule has 1 amide bonds. The van der Waals surface area contributed by atoms with Crippen LogP contribution < -0.4 is 11.1 Å². The second kappa shape index (κ2) is 2.81. The molecule has 1 saturated heterocycles. The van der Waals surface area contributed by atoms with E-state index in [1.54, 1.807) is 0 Å². The van der Waals surface area contributed by atoms with E-state index >= 15 is 0 Å². The van der Waals surface area contributed by atoms with Gasteiger partial charge >= 0.3 is 0 Å². The first-order valence-corrected chi connectivity index (χ1v) is 4.18. The number of nitrogens with one attached hydrogen (secondary N) is 1. The zero-order chi connectivity index (χ0) is 8.48. The van der Waals surface area contributed by atoms with Gasteiger partial charge in [0.15, 0.2) is 0 Å². The third-order valence-electron chi connectivity index (χ3n) is 2.60. The van der Waals surface area contributed by atoms with Gasteiger partial charge < -0.3 is 11.1 Å². The summed E-state index contributed by atoms with van der Waals surface area (Å²) < 4.78 is 0. The fourth-order valence-electron chi connectivity index (χ4n) is 1.73. The van der Waals surface area contributed by atoms with E-state index in [0.717, 1.165) is 19.3 Å². The molecular weight excluding hydrogens is 140 g/mol. The van der Waals surface area contributed by atoms with Crippen LogP contribution in [0.25, 0.3) is 0 Å². The standard InChI is InChI=1S/C8H16N2O/c1-3-8(7(9)11)5-4-6(2)10-8/h6,10H,3-5H2,1-2H3,(H2,9,11). The fraction of sp³-hybridized carbons (Fsp3) is 0.875. The van der Waals surface area contributed by atoms with Crippen molar-refractivity contribution in [3.05, 3.63) is 0 Å². The third kappa shape index (κ3) is 1.38. The third-order valence-corrected chi connectivity index (χ3v) is 2.60. The molecule has 2 atom stereocenters. The largest absolute Gasteiger partial charge is 0.368 e. The summed E-state index contributed by atoms with van der Waals surface area (Å²) in [6, 6.07) is 0.433. The van der Waals surface area contributed by atoms with Crippen molar-refractivity contribution in [3.63, 3.8) is 0 Å². The Hall–Kier alpha value is -0.570. The molecule has 0 aromatic carbocycles. The van der Waals surface area contributed by atoms with Crippen molar-refractivity contribution in [1.82, 2.24) is 5.32 Å². The van der Waals surface area contributed by atoms with E-state index < -0.39 is 5.54 Å². The number of hydrogen-bond donors (Lipinski definition) is 2. The predicted molar refractivity (Wildman–Crippen MR) is 44.0 cm³/mol. The Morgan fingerprint density at radius 2 is 2.45 bits per heavy atom. The number of carbonyl (C=O) groups is 1. The van der Waals surface area contributed by atoms with Gasteiger partial charge in [-0.05, 0) is 26.2 Å². The predicted octanol–water partition coefficient (Wildman–Crippen LogP) is 0.392. The summed E-state index contributed by atoms with van der Waals surface area (Å²) in [4.78, 5) is 11.1. The molecule has 1 fully saturated rings. The van der Waals surface area contributed by atoms with Crippen LogP contribution >= 0.6 is 0 Å². The van der Waals surface area contributed by atoms with Crippen molar-refractivity contribution >= 4 is 5.91 Å². The first-order valence-electron chi connectivity index (χ1n) is 4.18. The van der Waals surface area contributed by atoms with Crippen molar-refractivity contribution in [2.45, 2.75) is 44.7 Å². The Bertz CT molecular complexity index is 169. The summed E-state index contributed by atoms with van der Waals surface area (Å²) in [6.45, 7) is 4.08. The van der Waals surface area contributed by atoms with E-state index in [9.17, 15) is 4.79 Å². The van der Waals surface area contributed by atoms with Gasteiger partial charge in [0.05, 0.1) is 5.54 Å². The normalized spacial score (nSPS) is 37.5. The second-order valence-corrected chi connectivity index (χ2v) is 3.38. The summed E-state index contributed by atoms with van der Waals surface area (Å²) >= 11 is 0. The average molecular weight is 156 g/mol. The molecular formula is C8H16N2O. The number of carbonyl (C=O) groups excluding carboxylic acids is 1. The molecule has 1 aliphatic heterocycles. The van der Waals surface area contributed by atoms with Gasteiger partial charge in [0.25, 0.3) is 0 Å².